The Balaban J connectivity index is 1.31. The minimum absolute atomic E-state index is 0.185. The SMILES string of the molecule is CN(C[C@H]1Cc2c(cccc2C2CNCCO2)CN1)[C@H]1CCCc2cccnc21. The zero-order chi connectivity index (χ0) is 19.6. The lowest BCUT2D eigenvalue weighted by molar-refractivity contribution is 0.0269. The Morgan fingerprint density at radius 3 is 3.03 bits per heavy atom. The monoisotopic (exact) mass is 392 g/mol. The number of nitrogens with one attached hydrogen (secondary N) is 2. The molecule has 1 aliphatic carbocycles. The van der Waals surface area contributed by atoms with Gasteiger partial charge < -0.3 is 15.4 Å². The summed E-state index contributed by atoms with van der Waals surface area (Å²) in [7, 11) is 2.27. The van der Waals surface area contributed by atoms with Crippen LogP contribution in [0.2, 0.25) is 0 Å². The first-order chi connectivity index (χ1) is 14.3. The van der Waals surface area contributed by atoms with E-state index in [4.69, 9.17) is 9.72 Å². The van der Waals surface area contributed by atoms with Crippen LogP contribution in [0.15, 0.2) is 36.5 Å². The summed E-state index contributed by atoms with van der Waals surface area (Å²) < 4.78 is 6.08. The fourth-order valence-corrected chi connectivity index (χ4v) is 5.33. The summed E-state index contributed by atoms with van der Waals surface area (Å²) in [6, 6.07) is 11.9. The molecule has 0 radical (unpaired) electrons. The average Bonchev–Trinajstić information content (AvgIpc) is 2.79. The van der Waals surface area contributed by atoms with Gasteiger partial charge in [-0.2, -0.15) is 0 Å². The topological polar surface area (TPSA) is 49.4 Å². The van der Waals surface area contributed by atoms with Gasteiger partial charge in [-0.1, -0.05) is 24.3 Å². The lowest BCUT2D eigenvalue weighted by atomic mass is 9.87. The molecule has 5 heteroatoms. The molecule has 1 saturated heterocycles. The van der Waals surface area contributed by atoms with Gasteiger partial charge in [0.1, 0.15) is 0 Å². The molecule has 1 aromatic heterocycles. The molecule has 5 nitrogen and oxygen atoms in total. The predicted molar refractivity (Wildman–Crippen MR) is 115 cm³/mol. The molecule has 2 N–H and O–H groups in total. The van der Waals surface area contributed by atoms with Gasteiger partial charge in [0.05, 0.1) is 24.4 Å². The molecule has 0 amide bonds. The van der Waals surface area contributed by atoms with Crippen LogP contribution in [-0.4, -0.2) is 49.2 Å². The molecule has 0 bridgehead atoms. The van der Waals surface area contributed by atoms with Crippen molar-refractivity contribution >= 4 is 0 Å². The summed E-state index contributed by atoms with van der Waals surface area (Å²) in [5.41, 5.74) is 7.04. The maximum Gasteiger partial charge on any atom is 0.0952 e. The number of fused-ring (bicyclic) bond motifs is 2. The van der Waals surface area contributed by atoms with E-state index in [1.54, 1.807) is 0 Å². The summed E-state index contributed by atoms with van der Waals surface area (Å²) in [4.78, 5) is 7.26. The first kappa shape index (κ1) is 19.2. The predicted octanol–water partition coefficient (Wildman–Crippen LogP) is 2.77. The summed E-state index contributed by atoms with van der Waals surface area (Å²) in [5.74, 6) is 0. The maximum atomic E-state index is 6.08. The first-order valence-electron chi connectivity index (χ1n) is 11.1. The number of aryl methyl sites for hydroxylation is 1. The Morgan fingerprint density at radius 2 is 2.14 bits per heavy atom. The number of hydrogen-bond acceptors (Lipinski definition) is 5. The summed E-state index contributed by atoms with van der Waals surface area (Å²) in [6.45, 7) is 4.66. The Kier molecular flexibility index (Phi) is 5.64. The number of nitrogens with zero attached hydrogens (tertiary/aromatic N) is 2. The third kappa shape index (κ3) is 3.97. The molecule has 0 saturated carbocycles. The summed E-state index contributed by atoms with van der Waals surface area (Å²) in [6.07, 6.45) is 6.83. The lowest BCUT2D eigenvalue weighted by Gasteiger charge is -2.37. The fourth-order valence-electron chi connectivity index (χ4n) is 5.33. The molecule has 1 aromatic carbocycles. The maximum absolute atomic E-state index is 6.08. The van der Waals surface area contributed by atoms with Gasteiger partial charge in [-0.15, -0.1) is 0 Å². The van der Waals surface area contributed by atoms with Gasteiger partial charge in [0.2, 0.25) is 0 Å². The van der Waals surface area contributed by atoms with Crippen LogP contribution in [0.5, 0.6) is 0 Å². The van der Waals surface area contributed by atoms with Crippen molar-refractivity contribution in [3.8, 4) is 0 Å². The number of likely N-dealkylation sites (N-methyl/N-ethyl adjacent to an activating group) is 1. The van der Waals surface area contributed by atoms with Gasteiger partial charge in [-0.25, -0.2) is 0 Å². The number of benzene rings is 1. The van der Waals surface area contributed by atoms with Crippen LogP contribution in [-0.2, 0) is 24.1 Å². The van der Waals surface area contributed by atoms with Gasteiger partial charge in [-0.05, 0) is 61.1 Å². The zero-order valence-corrected chi connectivity index (χ0v) is 17.4. The van der Waals surface area contributed by atoms with Crippen molar-refractivity contribution in [2.24, 2.45) is 0 Å². The molecule has 0 spiro atoms. The van der Waals surface area contributed by atoms with Crippen molar-refractivity contribution in [3.63, 3.8) is 0 Å². The molecule has 2 aromatic rings. The van der Waals surface area contributed by atoms with Crippen molar-refractivity contribution in [2.75, 3.05) is 33.3 Å². The van der Waals surface area contributed by atoms with Crippen LogP contribution in [0.25, 0.3) is 0 Å². The first-order valence-corrected chi connectivity index (χ1v) is 11.1. The van der Waals surface area contributed by atoms with Crippen LogP contribution in [0.4, 0.5) is 0 Å². The fraction of sp³-hybridized carbons (Fsp3) is 0.542. The van der Waals surface area contributed by atoms with E-state index in [2.05, 4.69) is 52.9 Å². The second-order valence-corrected chi connectivity index (χ2v) is 8.73. The average molecular weight is 393 g/mol. The smallest absolute Gasteiger partial charge is 0.0952 e. The Hall–Kier alpha value is -1.79. The van der Waals surface area contributed by atoms with Crippen LogP contribution in [0.3, 0.4) is 0 Å². The second-order valence-electron chi connectivity index (χ2n) is 8.73. The van der Waals surface area contributed by atoms with Crippen molar-refractivity contribution in [1.29, 1.82) is 0 Å². The highest BCUT2D eigenvalue weighted by Crippen LogP contribution is 2.33. The molecule has 5 rings (SSSR count). The van der Waals surface area contributed by atoms with E-state index in [1.807, 2.05) is 6.20 Å². The molecule has 1 fully saturated rings. The van der Waals surface area contributed by atoms with Crippen molar-refractivity contribution in [3.05, 3.63) is 64.5 Å². The molecular formula is C24H32N4O. The molecule has 154 valence electrons. The Labute approximate surface area is 173 Å². The summed E-state index contributed by atoms with van der Waals surface area (Å²) in [5, 5.41) is 7.26. The van der Waals surface area contributed by atoms with Gasteiger partial charge >= 0.3 is 0 Å². The molecule has 3 aliphatic rings. The molecule has 2 aliphatic heterocycles. The van der Waals surface area contributed by atoms with Crippen LogP contribution < -0.4 is 10.6 Å². The number of pyridine rings is 1. The lowest BCUT2D eigenvalue weighted by Crippen LogP contribution is -2.45. The van der Waals surface area contributed by atoms with Crippen LogP contribution >= 0.6 is 0 Å². The highest BCUT2D eigenvalue weighted by molar-refractivity contribution is 5.39. The second kappa shape index (κ2) is 8.52. The number of morpholine rings is 1. The number of rotatable bonds is 4. The third-order valence-corrected chi connectivity index (χ3v) is 6.82. The van der Waals surface area contributed by atoms with Gasteiger partial charge in [-0.3, -0.25) is 9.88 Å². The van der Waals surface area contributed by atoms with E-state index >= 15 is 0 Å². The van der Waals surface area contributed by atoms with Crippen molar-refractivity contribution in [2.45, 2.75) is 50.4 Å². The molecule has 29 heavy (non-hydrogen) atoms. The number of ether oxygens (including phenoxy) is 1. The quantitative estimate of drug-likeness (QED) is 0.838. The molecule has 1 unspecified atom stereocenters. The van der Waals surface area contributed by atoms with E-state index in [1.165, 1.54) is 47.2 Å². The molecular weight excluding hydrogens is 360 g/mol. The number of hydrogen-bond donors (Lipinski definition) is 2. The zero-order valence-electron chi connectivity index (χ0n) is 17.4. The largest absolute Gasteiger partial charge is 0.371 e. The summed E-state index contributed by atoms with van der Waals surface area (Å²) >= 11 is 0. The van der Waals surface area contributed by atoms with Gasteiger partial charge in [0, 0.05) is 38.4 Å². The minimum Gasteiger partial charge on any atom is -0.371 e. The van der Waals surface area contributed by atoms with Gasteiger partial charge in [0.25, 0.3) is 0 Å². The molecule has 3 heterocycles. The molecule has 3 atom stereocenters. The number of aromatic nitrogens is 1. The van der Waals surface area contributed by atoms with E-state index in [-0.39, 0.29) is 6.10 Å². The van der Waals surface area contributed by atoms with Crippen molar-refractivity contribution < 1.29 is 4.74 Å². The van der Waals surface area contributed by atoms with Crippen LogP contribution in [0.1, 0.15) is 52.9 Å². The normalized spacial score (nSPS) is 26.8. The van der Waals surface area contributed by atoms with Crippen molar-refractivity contribution in [1.82, 2.24) is 20.5 Å². The highest BCUT2D eigenvalue weighted by Gasteiger charge is 2.29. The van der Waals surface area contributed by atoms with E-state index in [9.17, 15) is 0 Å². The highest BCUT2D eigenvalue weighted by atomic mass is 16.5. The Bertz CT molecular complexity index is 849. The minimum atomic E-state index is 0.185. The Morgan fingerprint density at radius 1 is 1.21 bits per heavy atom. The third-order valence-electron chi connectivity index (χ3n) is 6.82. The van der Waals surface area contributed by atoms with Crippen LogP contribution in [0, 0.1) is 0 Å². The van der Waals surface area contributed by atoms with E-state index in [0.29, 0.717) is 12.1 Å². The standard InChI is InChI=1S/C24H32N4O/c1-28(22-9-3-5-17-7-4-10-26-24(17)22)16-19-13-21-18(14-27-19)6-2-8-20(21)23-15-25-11-12-29-23/h2,4,6-8,10,19,22-23,25,27H,3,5,9,11-16H2,1H3/t19-,22+,23?/m1/s1. The van der Waals surface area contributed by atoms with E-state index < -0.39 is 0 Å². The van der Waals surface area contributed by atoms with Gasteiger partial charge in [0.15, 0.2) is 0 Å². The van der Waals surface area contributed by atoms with E-state index in [0.717, 1.165) is 39.2 Å².